The molecule has 0 unspecified atom stereocenters. The molecule has 0 radical (unpaired) electrons. The molecule has 88 valence electrons. The molecule has 0 aliphatic rings. The number of sulfone groups is 1. The van der Waals surface area contributed by atoms with Gasteiger partial charge < -0.3 is 0 Å². The molecule has 2 rings (SSSR count). The zero-order valence-corrected chi connectivity index (χ0v) is 10.7. The van der Waals surface area contributed by atoms with Gasteiger partial charge in [-0.1, -0.05) is 36.4 Å². The van der Waals surface area contributed by atoms with Crippen molar-refractivity contribution in [3.8, 4) is 11.1 Å². The summed E-state index contributed by atoms with van der Waals surface area (Å²) in [7, 11) is -3.12. The van der Waals surface area contributed by atoms with Crippen molar-refractivity contribution in [2.45, 2.75) is 11.8 Å². The van der Waals surface area contributed by atoms with Gasteiger partial charge in [0.2, 0.25) is 0 Å². The van der Waals surface area contributed by atoms with Gasteiger partial charge in [-0.25, -0.2) is 8.42 Å². The van der Waals surface area contributed by atoms with E-state index in [4.69, 9.17) is 0 Å². The van der Waals surface area contributed by atoms with E-state index in [1.54, 1.807) is 12.1 Å². The lowest BCUT2D eigenvalue weighted by atomic mass is 10.0. The average molecular weight is 246 g/mol. The highest BCUT2D eigenvalue weighted by Gasteiger charge is 2.09. The highest BCUT2D eigenvalue weighted by Crippen LogP contribution is 2.25. The number of rotatable bonds is 2. The molecular formula is C14H14O2S. The summed E-state index contributed by atoms with van der Waals surface area (Å²) in [5.41, 5.74) is 3.14. The van der Waals surface area contributed by atoms with Crippen LogP contribution < -0.4 is 0 Å². The summed E-state index contributed by atoms with van der Waals surface area (Å²) in [5, 5.41) is 0. The Balaban J connectivity index is 2.54. The van der Waals surface area contributed by atoms with Gasteiger partial charge in [0.15, 0.2) is 9.84 Å². The fraction of sp³-hybridized carbons (Fsp3) is 0.143. The first-order chi connectivity index (χ1) is 7.98. The largest absolute Gasteiger partial charge is 0.224 e. The van der Waals surface area contributed by atoms with Crippen molar-refractivity contribution >= 4 is 9.84 Å². The molecule has 2 aromatic carbocycles. The van der Waals surface area contributed by atoms with Gasteiger partial charge >= 0.3 is 0 Å². The second kappa shape index (κ2) is 4.34. The second-order valence-corrected chi connectivity index (χ2v) is 6.13. The zero-order valence-electron chi connectivity index (χ0n) is 9.84. The molecule has 0 atom stereocenters. The van der Waals surface area contributed by atoms with Crippen LogP contribution in [0.4, 0.5) is 0 Å². The molecule has 0 bridgehead atoms. The first kappa shape index (κ1) is 11.9. The molecule has 0 spiro atoms. The molecular weight excluding hydrogens is 232 g/mol. The molecule has 0 saturated heterocycles. The van der Waals surface area contributed by atoms with Gasteiger partial charge in [-0.2, -0.15) is 0 Å². The summed E-state index contributed by atoms with van der Waals surface area (Å²) < 4.78 is 22.9. The minimum Gasteiger partial charge on any atom is -0.224 e. The normalized spacial score (nSPS) is 11.4. The van der Waals surface area contributed by atoms with Crippen LogP contribution in [-0.4, -0.2) is 14.7 Å². The van der Waals surface area contributed by atoms with Crippen LogP contribution in [0.25, 0.3) is 11.1 Å². The van der Waals surface area contributed by atoms with E-state index < -0.39 is 9.84 Å². The maximum absolute atomic E-state index is 11.4. The minimum atomic E-state index is -3.12. The molecule has 0 amide bonds. The van der Waals surface area contributed by atoms with Crippen LogP contribution in [0.3, 0.4) is 0 Å². The maximum atomic E-state index is 11.4. The van der Waals surface area contributed by atoms with E-state index >= 15 is 0 Å². The Morgan fingerprint density at radius 2 is 1.59 bits per heavy atom. The molecule has 0 fully saturated rings. The molecule has 2 nitrogen and oxygen atoms in total. The Kier molecular flexibility index (Phi) is 3.03. The Morgan fingerprint density at radius 1 is 0.941 bits per heavy atom. The van der Waals surface area contributed by atoms with Gasteiger partial charge in [-0.15, -0.1) is 0 Å². The standard InChI is InChI=1S/C14H14O2S/c1-11-10-13(17(2,15)16)8-9-14(11)12-6-4-3-5-7-12/h3-10H,1-2H3. The molecule has 0 aromatic heterocycles. The van der Waals surface area contributed by atoms with Crippen LogP contribution in [0.1, 0.15) is 5.56 Å². The van der Waals surface area contributed by atoms with E-state index in [1.807, 2.05) is 43.3 Å². The molecule has 0 saturated carbocycles. The molecule has 17 heavy (non-hydrogen) atoms. The molecule has 3 heteroatoms. The van der Waals surface area contributed by atoms with Crippen molar-refractivity contribution in [3.63, 3.8) is 0 Å². The minimum absolute atomic E-state index is 0.370. The first-order valence-electron chi connectivity index (χ1n) is 5.34. The summed E-state index contributed by atoms with van der Waals surface area (Å²) in [6.07, 6.45) is 1.23. The van der Waals surface area contributed by atoms with Crippen LogP contribution in [0, 0.1) is 6.92 Å². The maximum Gasteiger partial charge on any atom is 0.175 e. The highest BCUT2D eigenvalue weighted by molar-refractivity contribution is 7.90. The van der Waals surface area contributed by atoms with Gasteiger partial charge in [-0.05, 0) is 35.7 Å². The monoisotopic (exact) mass is 246 g/mol. The smallest absolute Gasteiger partial charge is 0.175 e. The van der Waals surface area contributed by atoms with Crippen LogP contribution in [0.5, 0.6) is 0 Å². The number of benzene rings is 2. The second-order valence-electron chi connectivity index (χ2n) is 4.11. The van der Waals surface area contributed by atoms with E-state index in [0.717, 1.165) is 16.7 Å². The summed E-state index contributed by atoms with van der Waals surface area (Å²) in [5.74, 6) is 0. The van der Waals surface area contributed by atoms with Crippen molar-refractivity contribution in [3.05, 3.63) is 54.1 Å². The lowest BCUT2D eigenvalue weighted by Crippen LogP contribution is -1.97. The molecule has 0 aliphatic heterocycles. The topological polar surface area (TPSA) is 34.1 Å². The predicted octanol–water partition coefficient (Wildman–Crippen LogP) is 3.07. The van der Waals surface area contributed by atoms with Crippen molar-refractivity contribution in [1.82, 2.24) is 0 Å². The quantitative estimate of drug-likeness (QED) is 0.816. The van der Waals surface area contributed by atoms with Crippen molar-refractivity contribution in [2.24, 2.45) is 0 Å². The van der Waals surface area contributed by atoms with Crippen molar-refractivity contribution in [1.29, 1.82) is 0 Å². The Hall–Kier alpha value is -1.61. The van der Waals surface area contributed by atoms with Gasteiger partial charge in [0, 0.05) is 6.26 Å². The fourth-order valence-electron chi connectivity index (χ4n) is 1.81. The summed E-state index contributed by atoms with van der Waals surface area (Å²) in [4.78, 5) is 0.370. The summed E-state index contributed by atoms with van der Waals surface area (Å²) in [6, 6.07) is 15.2. The van der Waals surface area contributed by atoms with Gasteiger partial charge in [0.25, 0.3) is 0 Å². The van der Waals surface area contributed by atoms with Gasteiger partial charge in [-0.3, -0.25) is 0 Å². The van der Waals surface area contributed by atoms with Gasteiger partial charge in [0.1, 0.15) is 0 Å². The SMILES string of the molecule is Cc1cc(S(C)(=O)=O)ccc1-c1ccccc1. The number of hydrogen-bond acceptors (Lipinski definition) is 2. The average Bonchev–Trinajstić information content (AvgIpc) is 2.29. The molecule has 2 aromatic rings. The Labute approximate surface area is 102 Å². The predicted molar refractivity (Wildman–Crippen MR) is 69.7 cm³/mol. The van der Waals surface area contributed by atoms with Crippen LogP contribution in [0.15, 0.2) is 53.4 Å². The summed E-state index contributed by atoms with van der Waals surface area (Å²) >= 11 is 0. The molecule has 0 heterocycles. The lowest BCUT2D eigenvalue weighted by molar-refractivity contribution is 0.602. The lowest BCUT2D eigenvalue weighted by Gasteiger charge is -2.07. The number of hydrogen-bond donors (Lipinski definition) is 0. The number of aryl methyl sites for hydroxylation is 1. The molecule has 0 N–H and O–H groups in total. The van der Waals surface area contributed by atoms with Crippen LogP contribution in [0.2, 0.25) is 0 Å². The van der Waals surface area contributed by atoms with E-state index in [1.165, 1.54) is 6.26 Å². The Morgan fingerprint density at radius 3 is 2.12 bits per heavy atom. The van der Waals surface area contributed by atoms with Crippen molar-refractivity contribution in [2.75, 3.05) is 6.26 Å². The van der Waals surface area contributed by atoms with Crippen molar-refractivity contribution < 1.29 is 8.42 Å². The highest BCUT2D eigenvalue weighted by atomic mass is 32.2. The summed E-state index contributed by atoms with van der Waals surface area (Å²) in [6.45, 7) is 1.93. The first-order valence-corrected chi connectivity index (χ1v) is 7.24. The third kappa shape index (κ3) is 2.56. The van der Waals surface area contributed by atoms with Crippen LogP contribution in [-0.2, 0) is 9.84 Å². The zero-order chi connectivity index (χ0) is 12.5. The van der Waals surface area contributed by atoms with E-state index in [0.29, 0.717) is 4.90 Å². The fourth-order valence-corrected chi connectivity index (χ4v) is 2.51. The third-order valence-electron chi connectivity index (χ3n) is 2.71. The van der Waals surface area contributed by atoms with Gasteiger partial charge in [0.05, 0.1) is 4.90 Å². The van der Waals surface area contributed by atoms with E-state index in [2.05, 4.69) is 0 Å². The Bertz CT molecular complexity index is 629. The molecule has 0 aliphatic carbocycles. The third-order valence-corrected chi connectivity index (χ3v) is 3.82. The van der Waals surface area contributed by atoms with E-state index in [-0.39, 0.29) is 0 Å². The van der Waals surface area contributed by atoms with E-state index in [9.17, 15) is 8.42 Å². The van der Waals surface area contributed by atoms with Crippen LogP contribution >= 0.6 is 0 Å².